The normalized spacial score (nSPS) is 20.9. The first-order valence-corrected chi connectivity index (χ1v) is 9.82. The molecule has 2 amide bonds. The maximum atomic E-state index is 13.2. The third-order valence-electron chi connectivity index (χ3n) is 5.01. The summed E-state index contributed by atoms with van der Waals surface area (Å²) in [6, 6.07) is 9.16. The Kier molecular flexibility index (Phi) is 4.52. The summed E-state index contributed by atoms with van der Waals surface area (Å²) in [7, 11) is 0. The fourth-order valence-corrected chi connectivity index (χ4v) is 4.88. The number of fused-ring (bicyclic) bond motifs is 1. The van der Waals surface area contributed by atoms with Gasteiger partial charge < -0.3 is 10.2 Å². The van der Waals surface area contributed by atoms with Gasteiger partial charge in [0.1, 0.15) is 6.54 Å². The van der Waals surface area contributed by atoms with Crippen molar-refractivity contribution in [2.45, 2.75) is 31.7 Å². The number of rotatable bonds is 2. The summed E-state index contributed by atoms with van der Waals surface area (Å²) in [6.45, 7) is 0.0736. The average Bonchev–Trinajstić information content (AvgIpc) is 3.27. The van der Waals surface area contributed by atoms with Gasteiger partial charge in [-0.15, -0.1) is 11.3 Å². The van der Waals surface area contributed by atoms with Crippen LogP contribution in [-0.2, 0) is 9.59 Å². The molecule has 130 valence electrons. The molecular formula is C19H19ClN2O2S. The van der Waals surface area contributed by atoms with E-state index in [0.717, 1.165) is 41.8 Å². The van der Waals surface area contributed by atoms with E-state index in [-0.39, 0.29) is 30.3 Å². The minimum Gasteiger partial charge on any atom is -0.324 e. The molecule has 1 unspecified atom stereocenters. The summed E-state index contributed by atoms with van der Waals surface area (Å²) in [6.07, 6.45) is 4.00. The number of hydrogen-bond donors (Lipinski definition) is 1. The predicted octanol–water partition coefficient (Wildman–Crippen LogP) is 4.46. The maximum Gasteiger partial charge on any atom is 0.244 e. The first-order valence-electron chi connectivity index (χ1n) is 8.56. The molecule has 0 radical (unpaired) electrons. The number of thiophene rings is 1. The quantitative estimate of drug-likeness (QED) is 0.843. The van der Waals surface area contributed by atoms with Gasteiger partial charge in [0, 0.05) is 27.1 Å². The molecule has 2 aromatic rings. The van der Waals surface area contributed by atoms with Crippen LogP contribution in [0.15, 0.2) is 35.7 Å². The first-order chi connectivity index (χ1) is 12.1. The molecule has 6 heteroatoms. The molecular weight excluding hydrogens is 356 g/mol. The Labute approximate surface area is 155 Å². The molecule has 2 aliphatic rings. The molecule has 25 heavy (non-hydrogen) atoms. The van der Waals surface area contributed by atoms with E-state index in [0.29, 0.717) is 5.02 Å². The highest BCUT2D eigenvalue weighted by atomic mass is 35.5. The maximum absolute atomic E-state index is 13.2. The lowest BCUT2D eigenvalue weighted by Crippen LogP contribution is -2.41. The number of amides is 2. The fraction of sp³-hybridized carbons (Fsp3) is 0.368. The van der Waals surface area contributed by atoms with Gasteiger partial charge in [0.2, 0.25) is 11.8 Å². The molecule has 0 bridgehead atoms. The van der Waals surface area contributed by atoms with Crippen molar-refractivity contribution < 1.29 is 9.59 Å². The Morgan fingerprint density at radius 2 is 2.04 bits per heavy atom. The monoisotopic (exact) mass is 374 g/mol. The summed E-state index contributed by atoms with van der Waals surface area (Å²) < 4.78 is 0. The van der Waals surface area contributed by atoms with Crippen LogP contribution < -0.4 is 5.32 Å². The van der Waals surface area contributed by atoms with Crippen molar-refractivity contribution in [2.75, 3.05) is 11.9 Å². The van der Waals surface area contributed by atoms with Crippen LogP contribution in [0.2, 0.25) is 5.02 Å². The van der Waals surface area contributed by atoms with E-state index in [1.165, 1.54) is 0 Å². The molecule has 1 aliphatic heterocycles. The van der Waals surface area contributed by atoms with Crippen LogP contribution in [0.25, 0.3) is 0 Å². The van der Waals surface area contributed by atoms with Crippen molar-refractivity contribution in [1.29, 1.82) is 0 Å². The van der Waals surface area contributed by atoms with Gasteiger partial charge in [-0.25, -0.2) is 0 Å². The minimum absolute atomic E-state index is 0.0241. The highest BCUT2D eigenvalue weighted by Gasteiger charge is 2.37. The van der Waals surface area contributed by atoms with E-state index >= 15 is 0 Å². The summed E-state index contributed by atoms with van der Waals surface area (Å²) in [5, 5.41) is 5.53. The largest absolute Gasteiger partial charge is 0.324 e. The van der Waals surface area contributed by atoms with Crippen LogP contribution in [0, 0.1) is 5.92 Å². The highest BCUT2D eigenvalue weighted by Crippen LogP contribution is 2.40. The van der Waals surface area contributed by atoms with E-state index in [1.54, 1.807) is 22.3 Å². The second-order valence-electron chi connectivity index (χ2n) is 6.65. The van der Waals surface area contributed by atoms with Gasteiger partial charge in [0.25, 0.3) is 0 Å². The van der Waals surface area contributed by atoms with Crippen molar-refractivity contribution >= 4 is 40.4 Å². The molecule has 1 saturated carbocycles. The van der Waals surface area contributed by atoms with E-state index in [9.17, 15) is 9.59 Å². The number of hydrogen-bond acceptors (Lipinski definition) is 3. The van der Waals surface area contributed by atoms with Gasteiger partial charge in [-0.2, -0.15) is 0 Å². The molecule has 0 saturated heterocycles. The van der Waals surface area contributed by atoms with Crippen molar-refractivity contribution in [3.05, 3.63) is 51.2 Å². The van der Waals surface area contributed by atoms with Crippen LogP contribution in [0.5, 0.6) is 0 Å². The Morgan fingerprint density at radius 1 is 1.24 bits per heavy atom. The van der Waals surface area contributed by atoms with E-state index < -0.39 is 0 Å². The van der Waals surface area contributed by atoms with E-state index in [1.807, 2.05) is 29.6 Å². The van der Waals surface area contributed by atoms with Gasteiger partial charge in [-0.05, 0) is 42.5 Å². The Bertz CT molecular complexity index is 800. The van der Waals surface area contributed by atoms with Crippen LogP contribution in [0.1, 0.15) is 42.2 Å². The van der Waals surface area contributed by atoms with Crippen molar-refractivity contribution in [3.8, 4) is 0 Å². The van der Waals surface area contributed by atoms with Crippen molar-refractivity contribution in [1.82, 2.24) is 4.90 Å². The lowest BCUT2D eigenvalue weighted by Gasteiger charge is -2.31. The summed E-state index contributed by atoms with van der Waals surface area (Å²) in [5.41, 5.74) is 1.61. The summed E-state index contributed by atoms with van der Waals surface area (Å²) in [4.78, 5) is 28.5. The predicted molar refractivity (Wildman–Crippen MR) is 99.9 cm³/mol. The third-order valence-corrected chi connectivity index (χ3v) is 6.17. The molecule has 1 aromatic heterocycles. The van der Waals surface area contributed by atoms with E-state index in [4.69, 9.17) is 11.6 Å². The Balaban J connectivity index is 1.83. The molecule has 0 spiro atoms. The van der Waals surface area contributed by atoms with Crippen molar-refractivity contribution in [2.24, 2.45) is 5.92 Å². The number of nitrogens with one attached hydrogen (secondary N) is 1. The Hall–Kier alpha value is -1.85. The lowest BCUT2D eigenvalue weighted by molar-refractivity contribution is -0.139. The van der Waals surface area contributed by atoms with Gasteiger partial charge in [-0.1, -0.05) is 30.5 Å². The minimum atomic E-state index is -0.277. The fourth-order valence-electron chi connectivity index (χ4n) is 3.84. The third kappa shape index (κ3) is 3.18. The second-order valence-corrected chi connectivity index (χ2v) is 8.06. The van der Waals surface area contributed by atoms with Crippen molar-refractivity contribution in [3.63, 3.8) is 0 Å². The van der Waals surface area contributed by atoms with Crippen LogP contribution in [0.3, 0.4) is 0 Å². The average molecular weight is 375 g/mol. The number of carbonyl (C=O) groups is 2. The first kappa shape index (κ1) is 16.6. The molecule has 1 atom stereocenters. The zero-order valence-electron chi connectivity index (χ0n) is 13.7. The van der Waals surface area contributed by atoms with Gasteiger partial charge in [0.05, 0.1) is 6.04 Å². The molecule has 1 N–H and O–H groups in total. The topological polar surface area (TPSA) is 49.4 Å². The lowest BCUT2D eigenvalue weighted by atomic mass is 9.99. The van der Waals surface area contributed by atoms with Gasteiger partial charge in [0.15, 0.2) is 0 Å². The van der Waals surface area contributed by atoms with Crippen LogP contribution in [0.4, 0.5) is 5.69 Å². The number of nitrogens with zero attached hydrogens (tertiary/aromatic N) is 1. The molecule has 4 nitrogen and oxygen atoms in total. The van der Waals surface area contributed by atoms with Crippen LogP contribution in [-0.4, -0.2) is 23.3 Å². The number of anilines is 1. The molecule has 2 heterocycles. The highest BCUT2D eigenvalue weighted by molar-refractivity contribution is 7.10. The Morgan fingerprint density at radius 3 is 2.76 bits per heavy atom. The number of halogens is 1. The zero-order valence-corrected chi connectivity index (χ0v) is 15.3. The van der Waals surface area contributed by atoms with E-state index in [2.05, 4.69) is 5.32 Å². The SMILES string of the molecule is O=C1CN(C(=O)C2CCCC2)C(c2cccs2)c2cc(Cl)ccc2N1. The molecule has 1 aromatic carbocycles. The molecule has 1 fully saturated rings. The molecule has 1 aliphatic carbocycles. The second kappa shape index (κ2) is 6.81. The number of carbonyl (C=O) groups excluding carboxylic acids is 2. The standard InChI is InChI=1S/C19H19ClN2O2S/c20-13-7-8-15-14(10-13)18(16-6-3-9-25-16)22(11-17(23)21-15)19(24)12-4-1-2-5-12/h3,6-10,12,18H,1-2,4-5,11H2,(H,21,23). The number of benzene rings is 1. The summed E-state index contributed by atoms with van der Waals surface area (Å²) in [5.74, 6) is -0.0520. The smallest absolute Gasteiger partial charge is 0.244 e. The zero-order chi connectivity index (χ0) is 17.4. The van der Waals surface area contributed by atoms with Gasteiger partial charge in [-0.3, -0.25) is 9.59 Å². The van der Waals surface area contributed by atoms with Gasteiger partial charge >= 0.3 is 0 Å². The summed E-state index contributed by atoms with van der Waals surface area (Å²) >= 11 is 7.83. The van der Waals surface area contributed by atoms with Crippen LogP contribution >= 0.6 is 22.9 Å². The molecule has 4 rings (SSSR count).